The van der Waals surface area contributed by atoms with Gasteiger partial charge in [-0.1, -0.05) is 37.1 Å². The zero-order valence-corrected chi connectivity index (χ0v) is 23.6. The summed E-state index contributed by atoms with van der Waals surface area (Å²) in [5, 5.41) is 0. The quantitative estimate of drug-likeness (QED) is 0.559. The average Bonchev–Trinajstić information content (AvgIpc) is 3.44. The van der Waals surface area contributed by atoms with E-state index in [4.69, 9.17) is 9.98 Å². The van der Waals surface area contributed by atoms with Crippen molar-refractivity contribution < 1.29 is 9.59 Å². The van der Waals surface area contributed by atoms with Crippen molar-refractivity contribution in [3.8, 4) is 11.1 Å². The highest BCUT2D eigenvalue weighted by Gasteiger charge is 2.50. The summed E-state index contributed by atoms with van der Waals surface area (Å²) in [6, 6.07) is 12.7. The second-order valence-corrected chi connectivity index (χ2v) is 12.6. The molecular weight excluding hydrogens is 500 g/mol. The maximum absolute atomic E-state index is 13.8. The Balaban J connectivity index is 1.08. The first-order valence-electron chi connectivity index (χ1n) is 15.2. The fourth-order valence-corrected chi connectivity index (χ4v) is 6.95. The lowest BCUT2D eigenvalue weighted by Crippen LogP contribution is -2.44. The molecule has 1 unspecified atom stereocenters. The van der Waals surface area contributed by atoms with Gasteiger partial charge < -0.3 is 14.7 Å². The van der Waals surface area contributed by atoms with Gasteiger partial charge in [0.15, 0.2) is 0 Å². The van der Waals surface area contributed by atoms with Crippen LogP contribution in [-0.4, -0.2) is 95.7 Å². The molecule has 4 fully saturated rings. The second-order valence-electron chi connectivity index (χ2n) is 12.6. The van der Waals surface area contributed by atoms with Crippen molar-refractivity contribution in [3.63, 3.8) is 0 Å². The fraction of sp³-hybridized carbons (Fsp3) is 0.562. The number of hydrogen-bond donors (Lipinski definition) is 0. The molecule has 210 valence electrons. The van der Waals surface area contributed by atoms with E-state index in [-0.39, 0.29) is 11.8 Å². The van der Waals surface area contributed by atoms with E-state index in [0.717, 1.165) is 113 Å². The Morgan fingerprint density at radius 2 is 1.60 bits per heavy atom. The lowest BCUT2D eigenvalue weighted by molar-refractivity contribution is -0.131. The van der Waals surface area contributed by atoms with Gasteiger partial charge in [0.1, 0.15) is 17.2 Å². The standard InChI is InChI=1S/C32H40N6O2/c1-35-16-18-36(19-17-35)28-11-10-27(20-33-28)24-4-6-25(7-5-24)29-34-32(13-2-3-14-32)31(40)38(29)22-23-12-15-37(21-23)30(39)26-8-9-26/h4-7,10-11,20,23,26H,2-3,8-9,12-19,21-22H2,1H3. The smallest absolute Gasteiger partial charge is 0.256 e. The molecule has 40 heavy (non-hydrogen) atoms. The number of pyridine rings is 1. The lowest BCUT2D eigenvalue weighted by Gasteiger charge is -2.33. The van der Waals surface area contributed by atoms with Crippen LogP contribution in [0.4, 0.5) is 5.82 Å². The van der Waals surface area contributed by atoms with Gasteiger partial charge in [-0.25, -0.2) is 4.98 Å². The van der Waals surface area contributed by atoms with Gasteiger partial charge in [-0.05, 0) is 62.8 Å². The van der Waals surface area contributed by atoms with E-state index in [0.29, 0.717) is 18.4 Å². The van der Waals surface area contributed by atoms with Crippen molar-refractivity contribution in [1.29, 1.82) is 0 Å². The van der Waals surface area contributed by atoms with Crippen LogP contribution >= 0.6 is 0 Å². The molecule has 3 aliphatic heterocycles. The van der Waals surface area contributed by atoms with E-state index in [2.05, 4.69) is 53.2 Å². The van der Waals surface area contributed by atoms with E-state index >= 15 is 0 Å². The number of hydrogen-bond acceptors (Lipinski definition) is 6. The van der Waals surface area contributed by atoms with Gasteiger partial charge in [0, 0.05) is 69.1 Å². The highest BCUT2D eigenvalue weighted by Crippen LogP contribution is 2.41. The lowest BCUT2D eigenvalue weighted by atomic mass is 9.97. The van der Waals surface area contributed by atoms with Crippen LogP contribution in [0.25, 0.3) is 11.1 Å². The number of carbonyl (C=O) groups is 2. The minimum absolute atomic E-state index is 0.166. The largest absolute Gasteiger partial charge is 0.354 e. The predicted molar refractivity (Wildman–Crippen MR) is 156 cm³/mol. The topological polar surface area (TPSA) is 72.3 Å². The third kappa shape index (κ3) is 4.80. The Morgan fingerprint density at radius 3 is 2.27 bits per heavy atom. The number of amides is 2. The SMILES string of the molecule is CN1CCN(c2ccc(-c3ccc(C4=NC5(CCCC5)C(=O)N4CC4CCN(C(=O)C5CC5)C4)cc3)cn2)CC1. The number of aromatic nitrogens is 1. The molecule has 1 aromatic carbocycles. The second kappa shape index (κ2) is 10.3. The fourth-order valence-electron chi connectivity index (χ4n) is 6.95. The van der Waals surface area contributed by atoms with Crippen LogP contribution in [0.2, 0.25) is 0 Å². The maximum atomic E-state index is 13.8. The van der Waals surface area contributed by atoms with Crippen molar-refractivity contribution >= 4 is 23.5 Å². The number of piperazine rings is 1. The van der Waals surface area contributed by atoms with Crippen LogP contribution < -0.4 is 4.90 Å². The third-order valence-corrected chi connectivity index (χ3v) is 9.67. The van der Waals surface area contributed by atoms with Crippen LogP contribution in [-0.2, 0) is 9.59 Å². The normalized spacial score (nSPS) is 24.8. The molecule has 1 aromatic heterocycles. The van der Waals surface area contributed by atoms with E-state index in [1.54, 1.807) is 0 Å². The van der Waals surface area contributed by atoms with Gasteiger partial charge in [-0.2, -0.15) is 0 Å². The van der Waals surface area contributed by atoms with Gasteiger partial charge in [0.05, 0.1) is 0 Å². The first-order chi connectivity index (χ1) is 19.5. The van der Waals surface area contributed by atoms with Crippen LogP contribution in [0.5, 0.6) is 0 Å². The molecule has 2 aromatic rings. The van der Waals surface area contributed by atoms with Gasteiger partial charge in [0.25, 0.3) is 5.91 Å². The van der Waals surface area contributed by atoms with Crippen molar-refractivity contribution in [1.82, 2.24) is 19.7 Å². The van der Waals surface area contributed by atoms with Crippen molar-refractivity contribution in [2.75, 3.05) is 57.8 Å². The molecule has 0 N–H and O–H groups in total. The summed E-state index contributed by atoms with van der Waals surface area (Å²) < 4.78 is 0. The number of carbonyl (C=O) groups excluding carboxylic acids is 2. The Kier molecular flexibility index (Phi) is 6.61. The summed E-state index contributed by atoms with van der Waals surface area (Å²) in [6.45, 7) is 6.36. The summed E-state index contributed by atoms with van der Waals surface area (Å²) >= 11 is 0. The zero-order valence-electron chi connectivity index (χ0n) is 23.6. The predicted octanol–water partition coefficient (Wildman–Crippen LogP) is 3.66. The summed E-state index contributed by atoms with van der Waals surface area (Å²) in [6.07, 6.45) is 8.79. The number of aliphatic imine (C=N–C) groups is 1. The highest BCUT2D eigenvalue weighted by atomic mass is 16.2. The van der Waals surface area contributed by atoms with Crippen LogP contribution in [0.3, 0.4) is 0 Å². The number of amidine groups is 1. The van der Waals surface area contributed by atoms with E-state index in [9.17, 15) is 9.59 Å². The molecule has 2 amide bonds. The molecule has 2 saturated heterocycles. The number of benzene rings is 1. The Morgan fingerprint density at radius 1 is 0.900 bits per heavy atom. The van der Waals surface area contributed by atoms with Crippen LogP contribution in [0.15, 0.2) is 47.6 Å². The van der Waals surface area contributed by atoms with Gasteiger partial charge in [-0.3, -0.25) is 19.5 Å². The van der Waals surface area contributed by atoms with Crippen molar-refractivity contribution in [3.05, 3.63) is 48.2 Å². The number of nitrogens with zero attached hydrogens (tertiary/aromatic N) is 6. The number of likely N-dealkylation sites (tertiary alicyclic amines) is 1. The minimum Gasteiger partial charge on any atom is -0.354 e. The van der Waals surface area contributed by atoms with E-state index < -0.39 is 5.54 Å². The first-order valence-corrected chi connectivity index (χ1v) is 15.2. The number of rotatable bonds is 6. The van der Waals surface area contributed by atoms with Crippen molar-refractivity contribution in [2.45, 2.75) is 50.5 Å². The minimum atomic E-state index is -0.584. The van der Waals surface area contributed by atoms with Gasteiger partial charge in [-0.15, -0.1) is 0 Å². The molecule has 8 nitrogen and oxygen atoms in total. The molecule has 1 atom stereocenters. The van der Waals surface area contributed by atoms with Gasteiger partial charge in [0.2, 0.25) is 5.91 Å². The summed E-state index contributed by atoms with van der Waals surface area (Å²) in [4.78, 5) is 45.0. The Bertz CT molecular complexity index is 1290. The van der Waals surface area contributed by atoms with E-state index in [1.807, 2.05) is 16.0 Å². The molecule has 0 bridgehead atoms. The van der Waals surface area contributed by atoms with Gasteiger partial charge >= 0.3 is 0 Å². The molecular formula is C32H40N6O2. The average molecular weight is 541 g/mol. The summed E-state index contributed by atoms with van der Waals surface area (Å²) in [5.41, 5.74) is 2.61. The molecule has 1 spiro atoms. The zero-order chi connectivity index (χ0) is 27.3. The number of likely N-dealkylation sites (N-methyl/N-ethyl adjacent to an activating group) is 1. The molecule has 8 heteroatoms. The van der Waals surface area contributed by atoms with Crippen molar-refractivity contribution in [2.24, 2.45) is 16.8 Å². The molecule has 4 heterocycles. The number of anilines is 1. The summed E-state index contributed by atoms with van der Waals surface area (Å²) in [5.74, 6) is 2.89. The molecule has 0 radical (unpaired) electrons. The first kappa shape index (κ1) is 25.7. The Hall–Kier alpha value is -3.26. The van der Waals surface area contributed by atoms with E-state index in [1.165, 1.54) is 0 Å². The third-order valence-electron chi connectivity index (χ3n) is 9.67. The monoisotopic (exact) mass is 540 g/mol. The Labute approximate surface area is 237 Å². The molecule has 5 aliphatic rings. The molecule has 7 rings (SSSR count). The van der Waals surface area contributed by atoms with Crippen LogP contribution in [0, 0.1) is 11.8 Å². The summed E-state index contributed by atoms with van der Waals surface area (Å²) in [7, 11) is 2.16. The van der Waals surface area contributed by atoms with Crippen LogP contribution in [0.1, 0.15) is 50.5 Å². The molecule has 2 aliphatic carbocycles. The molecule has 2 saturated carbocycles. The maximum Gasteiger partial charge on any atom is 0.256 e. The highest BCUT2D eigenvalue weighted by molar-refractivity contribution is 6.15.